The summed E-state index contributed by atoms with van der Waals surface area (Å²) >= 11 is 0. The molecule has 0 bridgehead atoms. The Morgan fingerprint density at radius 3 is 2.95 bits per heavy atom. The lowest BCUT2D eigenvalue weighted by atomic mass is 9.61. The van der Waals surface area contributed by atoms with Crippen molar-refractivity contribution in [3.05, 3.63) is 23.3 Å². The summed E-state index contributed by atoms with van der Waals surface area (Å²) in [7, 11) is 0. The Kier molecular flexibility index (Phi) is 2.59. The number of ether oxygens (including phenoxy) is 1. The molecule has 3 aliphatic rings. The van der Waals surface area contributed by atoms with Crippen molar-refractivity contribution < 1.29 is 14.7 Å². The van der Waals surface area contributed by atoms with Crippen LogP contribution in [0.3, 0.4) is 0 Å². The van der Waals surface area contributed by atoms with Crippen molar-refractivity contribution in [3.8, 4) is 0 Å². The van der Waals surface area contributed by atoms with Crippen LogP contribution in [0.1, 0.15) is 33.6 Å². The van der Waals surface area contributed by atoms with Crippen LogP contribution in [0.5, 0.6) is 0 Å². The van der Waals surface area contributed by atoms with Crippen LogP contribution >= 0.6 is 0 Å². The number of hydrogen-bond donors (Lipinski definition) is 1. The van der Waals surface area contributed by atoms with Gasteiger partial charge in [0.1, 0.15) is 11.8 Å². The smallest absolute Gasteiger partial charge is 0.309 e. The maximum atomic E-state index is 11.8. The predicted octanol–water partition coefficient (Wildman–Crippen LogP) is 2.68. The van der Waals surface area contributed by atoms with E-state index < -0.39 is 0 Å². The van der Waals surface area contributed by atoms with Crippen LogP contribution in [-0.4, -0.2) is 23.0 Å². The van der Waals surface area contributed by atoms with E-state index in [1.54, 1.807) is 0 Å². The molecule has 0 aromatic heterocycles. The number of oxime groups is 1. The Balaban J connectivity index is 2.11. The highest BCUT2D eigenvalue weighted by Crippen LogP contribution is 2.53. The molecule has 4 nitrogen and oxygen atoms in total. The zero-order valence-corrected chi connectivity index (χ0v) is 11.5. The first kappa shape index (κ1) is 12.5. The van der Waals surface area contributed by atoms with Gasteiger partial charge in [-0.05, 0) is 37.0 Å². The summed E-state index contributed by atoms with van der Waals surface area (Å²) in [5.74, 6) is 0.129. The molecule has 1 saturated heterocycles. The van der Waals surface area contributed by atoms with Crippen molar-refractivity contribution in [2.75, 3.05) is 0 Å². The first-order valence-corrected chi connectivity index (χ1v) is 6.81. The van der Waals surface area contributed by atoms with Crippen molar-refractivity contribution in [1.29, 1.82) is 0 Å². The van der Waals surface area contributed by atoms with Crippen LogP contribution in [0.2, 0.25) is 0 Å². The van der Waals surface area contributed by atoms with Gasteiger partial charge in [0.05, 0.1) is 5.92 Å². The van der Waals surface area contributed by atoms with Crippen molar-refractivity contribution in [2.45, 2.75) is 39.7 Å². The second-order valence-electron chi connectivity index (χ2n) is 6.12. The lowest BCUT2D eigenvalue weighted by molar-refractivity contribution is -0.143. The van der Waals surface area contributed by atoms with E-state index in [4.69, 9.17) is 9.94 Å². The fraction of sp³-hybridized carbons (Fsp3) is 0.600. The summed E-state index contributed by atoms with van der Waals surface area (Å²) in [5, 5.41) is 12.4. The van der Waals surface area contributed by atoms with Crippen molar-refractivity contribution in [3.63, 3.8) is 0 Å². The van der Waals surface area contributed by atoms with Crippen LogP contribution in [0.25, 0.3) is 0 Å². The molecular formula is C15H19NO3. The van der Waals surface area contributed by atoms with E-state index in [9.17, 15) is 4.79 Å². The summed E-state index contributed by atoms with van der Waals surface area (Å²) in [6.45, 7) is 6.07. The fourth-order valence-electron chi connectivity index (χ4n) is 3.81. The largest absolute Gasteiger partial charge is 0.457 e. The highest BCUT2D eigenvalue weighted by Gasteiger charge is 2.52. The topological polar surface area (TPSA) is 58.9 Å². The molecular weight excluding hydrogens is 242 g/mol. The average Bonchev–Trinajstić information content (AvgIpc) is 2.65. The minimum atomic E-state index is -0.150. The van der Waals surface area contributed by atoms with Gasteiger partial charge in [0.15, 0.2) is 0 Å². The molecule has 2 aliphatic carbocycles. The Hall–Kier alpha value is -1.58. The maximum absolute atomic E-state index is 11.8. The number of nitrogens with zero attached hydrogens (tertiary/aromatic N) is 1. The number of hydrogen-bond acceptors (Lipinski definition) is 4. The van der Waals surface area contributed by atoms with Crippen molar-refractivity contribution >= 4 is 11.7 Å². The molecule has 0 spiro atoms. The molecule has 0 aromatic carbocycles. The normalized spacial score (nSPS) is 43.2. The molecule has 4 atom stereocenters. The standard InChI is InChI=1S/C15H19NO3/c1-8-10-4-6-15(3)7-5-11(16-18)9(2)12(15)13(10)19-14(8)17/h5,7-8,10,13,18H,4,6H2,1-3H3/t8-,10-,13-,15-/m0/s1. The maximum Gasteiger partial charge on any atom is 0.309 e. The van der Waals surface area contributed by atoms with E-state index in [0.717, 1.165) is 24.0 Å². The molecule has 4 heteroatoms. The third-order valence-corrected chi connectivity index (χ3v) is 5.05. The summed E-state index contributed by atoms with van der Waals surface area (Å²) in [6, 6.07) is 0. The van der Waals surface area contributed by atoms with Gasteiger partial charge >= 0.3 is 5.97 Å². The first-order chi connectivity index (χ1) is 8.98. The van der Waals surface area contributed by atoms with Crippen LogP contribution in [-0.2, 0) is 9.53 Å². The lowest BCUT2D eigenvalue weighted by Gasteiger charge is -2.43. The Labute approximate surface area is 112 Å². The lowest BCUT2D eigenvalue weighted by Crippen LogP contribution is -2.39. The second-order valence-corrected chi connectivity index (χ2v) is 6.12. The van der Waals surface area contributed by atoms with E-state index in [0.29, 0.717) is 5.71 Å². The summed E-state index contributed by atoms with van der Waals surface area (Å²) < 4.78 is 5.61. The molecule has 1 saturated carbocycles. The highest BCUT2D eigenvalue weighted by molar-refractivity contribution is 6.09. The number of allylic oxidation sites excluding steroid dienone is 3. The summed E-state index contributed by atoms with van der Waals surface area (Å²) in [5.41, 5.74) is 2.56. The van der Waals surface area contributed by atoms with E-state index >= 15 is 0 Å². The predicted molar refractivity (Wildman–Crippen MR) is 70.9 cm³/mol. The zero-order chi connectivity index (χ0) is 13.8. The van der Waals surface area contributed by atoms with Crippen molar-refractivity contribution in [2.24, 2.45) is 22.4 Å². The molecule has 0 unspecified atom stereocenters. The number of fused-ring (bicyclic) bond motifs is 3. The van der Waals surface area contributed by atoms with Gasteiger partial charge < -0.3 is 9.94 Å². The first-order valence-electron chi connectivity index (χ1n) is 6.81. The minimum absolute atomic E-state index is 0.0322. The van der Waals surface area contributed by atoms with Crippen LogP contribution < -0.4 is 0 Å². The van der Waals surface area contributed by atoms with Crippen molar-refractivity contribution in [1.82, 2.24) is 0 Å². The molecule has 1 N–H and O–H groups in total. The number of carbonyl (C=O) groups is 1. The van der Waals surface area contributed by atoms with Gasteiger partial charge in [0, 0.05) is 11.3 Å². The quantitative estimate of drug-likeness (QED) is 0.414. The molecule has 0 aromatic rings. The van der Waals surface area contributed by atoms with E-state index in [2.05, 4.69) is 18.2 Å². The fourth-order valence-corrected chi connectivity index (χ4v) is 3.81. The van der Waals surface area contributed by atoms with Crippen LogP contribution in [0, 0.1) is 17.3 Å². The molecule has 2 fully saturated rings. The van der Waals surface area contributed by atoms with Gasteiger partial charge in [-0.25, -0.2) is 0 Å². The average molecular weight is 261 g/mol. The number of carbonyl (C=O) groups excluding carboxylic acids is 1. The highest BCUT2D eigenvalue weighted by atomic mass is 16.6. The molecule has 102 valence electrons. The summed E-state index contributed by atoms with van der Waals surface area (Å²) in [6.07, 6.45) is 5.80. The van der Waals surface area contributed by atoms with Gasteiger partial charge in [-0.3, -0.25) is 4.79 Å². The third-order valence-electron chi connectivity index (χ3n) is 5.05. The van der Waals surface area contributed by atoms with Gasteiger partial charge in [-0.1, -0.05) is 25.1 Å². The van der Waals surface area contributed by atoms with Gasteiger partial charge in [0.2, 0.25) is 0 Å². The molecule has 3 rings (SSSR count). The molecule has 1 aliphatic heterocycles. The van der Waals surface area contributed by atoms with Gasteiger partial charge in [-0.2, -0.15) is 0 Å². The molecule has 1 heterocycles. The Morgan fingerprint density at radius 2 is 2.26 bits per heavy atom. The Bertz CT molecular complexity index is 532. The van der Waals surface area contributed by atoms with Crippen LogP contribution in [0.15, 0.2) is 28.5 Å². The van der Waals surface area contributed by atoms with E-state index in [1.165, 1.54) is 0 Å². The van der Waals surface area contributed by atoms with Gasteiger partial charge in [0.25, 0.3) is 0 Å². The second kappa shape index (κ2) is 3.95. The van der Waals surface area contributed by atoms with E-state index in [-0.39, 0.29) is 29.3 Å². The van der Waals surface area contributed by atoms with E-state index in [1.807, 2.05) is 19.9 Å². The SMILES string of the molecule is CC1=C2[C@H]3OC(=O)[C@@H](C)[C@@H]3CC[C@@]2(C)C=CC1=NO. The number of rotatable bonds is 0. The van der Waals surface area contributed by atoms with Gasteiger partial charge in [-0.15, -0.1) is 0 Å². The Morgan fingerprint density at radius 1 is 1.53 bits per heavy atom. The molecule has 0 radical (unpaired) electrons. The zero-order valence-electron chi connectivity index (χ0n) is 11.5. The molecule has 19 heavy (non-hydrogen) atoms. The third kappa shape index (κ3) is 1.58. The minimum Gasteiger partial charge on any atom is -0.457 e. The number of esters is 1. The summed E-state index contributed by atoms with van der Waals surface area (Å²) in [4.78, 5) is 11.8. The monoisotopic (exact) mass is 261 g/mol. The molecule has 0 amide bonds. The van der Waals surface area contributed by atoms with Crippen LogP contribution in [0.4, 0.5) is 0 Å².